The molecule has 0 radical (unpaired) electrons. The summed E-state index contributed by atoms with van der Waals surface area (Å²) < 4.78 is 0. The van der Waals surface area contributed by atoms with Gasteiger partial charge in [-0.15, -0.1) is 0 Å². The summed E-state index contributed by atoms with van der Waals surface area (Å²) >= 11 is 0. The molecule has 132 valence electrons. The molecule has 0 nitrogen and oxygen atoms in total. The zero-order valence-corrected chi connectivity index (χ0v) is 17.2. The molecule has 0 aromatic heterocycles. The van der Waals surface area contributed by atoms with Crippen LogP contribution < -0.4 is 0 Å². The molecule has 1 aliphatic rings. The first-order valence-corrected chi connectivity index (χ1v) is 9.42. The van der Waals surface area contributed by atoms with Crippen molar-refractivity contribution in [2.24, 2.45) is 0 Å². The quantitative estimate of drug-likeness (QED) is 0.517. The first-order valence-electron chi connectivity index (χ1n) is 9.42. The van der Waals surface area contributed by atoms with Gasteiger partial charge >= 0.3 is 0 Å². The van der Waals surface area contributed by atoms with Crippen LogP contribution in [0.25, 0.3) is 17.2 Å². The fraction of sp³-hybridized carbons (Fsp3) is 0.440. The minimum atomic E-state index is 0.148. The lowest BCUT2D eigenvalue weighted by Crippen LogP contribution is -2.16. The van der Waals surface area contributed by atoms with Gasteiger partial charge in [0.1, 0.15) is 0 Å². The minimum Gasteiger partial charge on any atom is -0.0683 e. The Balaban J connectivity index is 2.29. The van der Waals surface area contributed by atoms with E-state index in [4.69, 9.17) is 0 Å². The van der Waals surface area contributed by atoms with Crippen molar-refractivity contribution in [2.75, 3.05) is 0 Å². The van der Waals surface area contributed by atoms with Crippen LogP contribution in [-0.4, -0.2) is 0 Å². The topological polar surface area (TPSA) is 0 Å². The predicted molar refractivity (Wildman–Crippen MR) is 111 cm³/mol. The minimum absolute atomic E-state index is 0.148. The third-order valence-corrected chi connectivity index (χ3v) is 5.25. The Hall–Kier alpha value is -1.82. The molecule has 0 atom stereocenters. The summed E-state index contributed by atoms with van der Waals surface area (Å²) in [6, 6.07) is 11.9. The van der Waals surface area contributed by atoms with Crippen molar-refractivity contribution in [1.82, 2.24) is 0 Å². The van der Waals surface area contributed by atoms with Crippen LogP contribution in [-0.2, 0) is 17.3 Å². The van der Waals surface area contributed by atoms with Crippen LogP contribution in [0.5, 0.6) is 0 Å². The Morgan fingerprint density at radius 3 is 1.80 bits per heavy atom. The van der Waals surface area contributed by atoms with Crippen LogP contribution in [0.1, 0.15) is 76.3 Å². The van der Waals surface area contributed by atoms with E-state index in [0.29, 0.717) is 0 Å². The van der Waals surface area contributed by atoms with Crippen molar-refractivity contribution in [3.05, 3.63) is 63.7 Å². The van der Waals surface area contributed by atoms with Crippen molar-refractivity contribution in [3.8, 4) is 11.1 Å². The van der Waals surface area contributed by atoms with Gasteiger partial charge in [-0.25, -0.2) is 0 Å². The standard InChI is InChI=1S/C25H32/c1-16-9-18-10-17(2)12-23(22(18)11-16)19-13-20(24(3,4)5)15-21(14-19)25(6,7)8/h10-15H,9H2,1-8H3. The lowest BCUT2D eigenvalue weighted by atomic mass is 9.78. The number of hydrogen-bond donors (Lipinski definition) is 0. The largest absolute Gasteiger partial charge is 0.0683 e. The molecule has 0 heteroatoms. The van der Waals surface area contributed by atoms with Gasteiger partial charge in [0.05, 0.1) is 0 Å². The Bertz CT molecular complexity index is 817. The highest BCUT2D eigenvalue weighted by atomic mass is 14.3. The second kappa shape index (κ2) is 5.87. The van der Waals surface area contributed by atoms with Gasteiger partial charge in [-0.2, -0.15) is 0 Å². The summed E-state index contributed by atoms with van der Waals surface area (Å²) in [5.41, 5.74) is 11.6. The molecule has 3 rings (SSSR count). The lowest BCUT2D eigenvalue weighted by Gasteiger charge is -2.26. The Morgan fingerprint density at radius 1 is 0.720 bits per heavy atom. The van der Waals surface area contributed by atoms with E-state index in [2.05, 4.69) is 91.8 Å². The second-order valence-corrected chi connectivity index (χ2v) is 9.85. The van der Waals surface area contributed by atoms with Gasteiger partial charge in [0.2, 0.25) is 0 Å². The molecular formula is C25H32. The van der Waals surface area contributed by atoms with Gasteiger partial charge in [-0.1, -0.05) is 89.1 Å². The Labute approximate surface area is 154 Å². The zero-order valence-electron chi connectivity index (χ0n) is 17.2. The maximum atomic E-state index is 2.41. The highest BCUT2D eigenvalue weighted by Gasteiger charge is 2.22. The van der Waals surface area contributed by atoms with E-state index in [1.165, 1.54) is 44.5 Å². The molecule has 0 aliphatic heterocycles. The van der Waals surface area contributed by atoms with E-state index in [9.17, 15) is 0 Å². The van der Waals surface area contributed by atoms with E-state index < -0.39 is 0 Å². The SMILES string of the molecule is CC1=Cc2c(cc(C)cc2-c2cc(C(C)(C)C)cc(C(C)(C)C)c2)C1. The van der Waals surface area contributed by atoms with Crippen LogP contribution in [0.4, 0.5) is 0 Å². The summed E-state index contributed by atoms with van der Waals surface area (Å²) in [5, 5.41) is 0. The van der Waals surface area contributed by atoms with E-state index in [1.54, 1.807) is 0 Å². The maximum Gasteiger partial charge on any atom is -0.00603 e. The number of allylic oxidation sites excluding steroid dienone is 1. The van der Waals surface area contributed by atoms with Gasteiger partial charge in [0, 0.05) is 0 Å². The van der Waals surface area contributed by atoms with Crippen molar-refractivity contribution in [2.45, 2.75) is 72.6 Å². The van der Waals surface area contributed by atoms with Crippen LogP contribution >= 0.6 is 0 Å². The van der Waals surface area contributed by atoms with Crippen molar-refractivity contribution < 1.29 is 0 Å². The Morgan fingerprint density at radius 2 is 1.28 bits per heavy atom. The van der Waals surface area contributed by atoms with E-state index in [0.717, 1.165) is 6.42 Å². The number of benzene rings is 2. The summed E-state index contributed by atoms with van der Waals surface area (Å²) in [5.74, 6) is 0. The van der Waals surface area contributed by atoms with Crippen LogP contribution in [0.15, 0.2) is 35.9 Å². The molecule has 0 unspecified atom stereocenters. The van der Waals surface area contributed by atoms with Crippen LogP contribution in [0.2, 0.25) is 0 Å². The van der Waals surface area contributed by atoms with E-state index >= 15 is 0 Å². The molecule has 0 fully saturated rings. The number of rotatable bonds is 1. The van der Waals surface area contributed by atoms with Crippen molar-refractivity contribution in [1.29, 1.82) is 0 Å². The summed E-state index contributed by atoms with van der Waals surface area (Å²) in [7, 11) is 0. The normalized spacial score (nSPS) is 14.5. The molecular weight excluding hydrogens is 300 g/mol. The van der Waals surface area contributed by atoms with Gasteiger partial charge in [0.15, 0.2) is 0 Å². The van der Waals surface area contributed by atoms with Gasteiger partial charge in [-0.3, -0.25) is 0 Å². The molecule has 1 aliphatic carbocycles. The molecule has 0 saturated heterocycles. The Kier molecular flexibility index (Phi) is 4.22. The molecule has 2 aromatic rings. The third kappa shape index (κ3) is 3.59. The molecule has 0 saturated carbocycles. The van der Waals surface area contributed by atoms with Gasteiger partial charge in [-0.05, 0) is 64.5 Å². The maximum absolute atomic E-state index is 2.41. The zero-order chi connectivity index (χ0) is 18.6. The molecule has 25 heavy (non-hydrogen) atoms. The molecule has 2 aromatic carbocycles. The first kappa shape index (κ1) is 18.0. The summed E-state index contributed by atoms with van der Waals surface area (Å²) in [4.78, 5) is 0. The number of hydrogen-bond acceptors (Lipinski definition) is 0. The monoisotopic (exact) mass is 332 g/mol. The summed E-state index contributed by atoms with van der Waals surface area (Å²) in [6.45, 7) is 18.3. The van der Waals surface area contributed by atoms with E-state index in [-0.39, 0.29) is 10.8 Å². The van der Waals surface area contributed by atoms with Crippen molar-refractivity contribution >= 4 is 6.08 Å². The molecule has 0 heterocycles. The molecule has 0 spiro atoms. The summed E-state index contributed by atoms with van der Waals surface area (Å²) in [6.07, 6.45) is 3.47. The average Bonchev–Trinajstić information content (AvgIpc) is 2.84. The highest BCUT2D eigenvalue weighted by molar-refractivity contribution is 5.82. The second-order valence-electron chi connectivity index (χ2n) is 9.85. The highest BCUT2D eigenvalue weighted by Crippen LogP contribution is 2.39. The van der Waals surface area contributed by atoms with Crippen LogP contribution in [0, 0.1) is 6.92 Å². The smallest absolute Gasteiger partial charge is 0.00603 e. The number of aryl methyl sites for hydroxylation is 1. The number of fused-ring (bicyclic) bond motifs is 1. The van der Waals surface area contributed by atoms with E-state index in [1.807, 2.05) is 0 Å². The molecule has 0 bridgehead atoms. The third-order valence-electron chi connectivity index (χ3n) is 5.25. The lowest BCUT2D eigenvalue weighted by molar-refractivity contribution is 0.569. The molecule has 0 N–H and O–H groups in total. The van der Waals surface area contributed by atoms with Crippen LogP contribution in [0.3, 0.4) is 0 Å². The van der Waals surface area contributed by atoms with Gasteiger partial charge in [0.25, 0.3) is 0 Å². The predicted octanol–water partition coefficient (Wildman–Crippen LogP) is 7.22. The average molecular weight is 333 g/mol. The van der Waals surface area contributed by atoms with Crippen molar-refractivity contribution in [3.63, 3.8) is 0 Å². The fourth-order valence-electron chi connectivity index (χ4n) is 3.68. The van der Waals surface area contributed by atoms with Gasteiger partial charge < -0.3 is 0 Å². The fourth-order valence-corrected chi connectivity index (χ4v) is 3.68. The molecule has 0 amide bonds. The first-order chi connectivity index (χ1) is 11.4.